The van der Waals surface area contributed by atoms with Crippen LogP contribution in [0.5, 0.6) is 17.2 Å². The third kappa shape index (κ3) is 4.89. The molecule has 1 atom stereocenters. The summed E-state index contributed by atoms with van der Waals surface area (Å²) in [7, 11) is 0. The molecular weight excluding hydrogens is 312 g/mol. The highest BCUT2D eigenvalue weighted by molar-refractivity contribution is 7.59. The predicted molar refractivity (Wildman–Crippen MR) is 106 cm³/mol. The van der Waals surface area contributed by atoms with Gasteiger partial charge in [0.05, 0.1) is 0 Å². The van der Waals surface area contributed by atoms with Gasteiger partial charge in [0.15, 0.2) is 0 Å². The number of phenols is 1. The highest BCUT2D eigenvalue weighted by atomic mass is 32.1. The van der Waals surface area contributed by atoms with Crippen molar-refractivity contribution in [1.29, 1.82) is 0 Å². The zero-order chi connectivity index (χ0) is 15.1. The van der Waals surface area contributed by atoms with E-state index >= 15 is 0 Å². The van der Waals surface area contributed by atoms with E-state index in [2.05, 4.69) is 13.0 Å². The van der Waals surface area contributed by atoms with Crippen LogP contribution in [0.25, 0.3) is 0 Å². The lowest BCUT2D eigenvalue weighted by atomic mass is 9.89. The maximum absolute atomic E-state index is 9.50. The Hall–Kier alpha value is -1.26. The van der Waals surface area contributed by atoms with Gasteiger partial charge in [0.25, 0.3) is 0 Å². The van der Waals surface area contributed by atoms with Crippen LogP contribution in [0, 0.1) is 0 Å². The Morgan fingerprint density at radius 1 is 0.818 bits per heavy atom. The summed E-state index contributed by atoms with van der Waals surface area (Å²) in [6.45, 7) is 10.1. The molecule has 2 nitrogen and oxygen atoms in total. The lowest BCUT2D eigenvalue weighted by Gasteiger charge is -2.25. The molecule has 0 bridgehead atoms. The summed E-state index contributed by atoms with van der Waals surface area (Å²) < 4.78 is 5.79. The zero-order valence-electron chi connectivity index (χ0n) is 14.0. The average Bonchev–Trinajstić information content (AvgIpc) is 2.52. The van der Waals surface area contributed by atoms with E-state index in [-0.39, 0.29) is 38.7 Å². The molecule has 1 aliphatic rings. The molecule has 1 unspecified atom stereocenters. The van der Waals surface area contributed by atoms with E-state index in [0.29, 0.717) is 0 Å². The minimum Gasteiger partial charge on any atom is -0.508 e. The van der Waals surface area contributed by atoms with Crippen LogP contribution in [-0.4, -0.2) is 5.11 Å². The third-order valence-electron chi connectivity index (χ3n) is 3.07. The summed E-state index contributed by atoms with van der Waals surface area (Å²) in [5, 5.41) is 9.50. The number of hydrogen-bond donors (Lipinski definition) is 1. The molecular formula is C18H28O2S2. The van der Waals surface area contributed by atoms with Gasteiger partial charge in [-0.15, -0.1) is 0 Å². The monoisotopic (exact) mass is 340 g/mol. The highest BCUT2D eigenvalue weighted by Gasteiger charge is 2.23. The van der Waals surface area contributed by atoms with E-state index in [9.17, 15) is 5.11 Å². The van der Waals surface area contributed by atoms with E-state index in [0.717, 1.165) is 17.1 Å². The van der Waals surface area contributed by atoms with Crippen LogP contribution in [0.15, 0.2) is 42.5 Å². The summed E-state index contributed by atoms with van der Waals surface area (Å²) in [5.74, 6) is 2.29. The fourth-order valence-corrected chi connectivity index (χ4v) is 2.18. The van der Waals surface area contributed by atoms with Crippen molar-refractivity contribution in [3.8, 4) is 17.2 Å². The molecule has 0 amide bonds. The first-order valence-electron chi connectivity index (χ1n) is 7.35. The molecule has 124 valence electrons. The second-order valence-electron chi connectivity index (χ2n) is 4.08. The molecule has 1 aliphatic heterocycles. The van der Waals surface area contributed by atoms with Gasteiger partial charge in [0.2, 0.25) is 0 Å². The second-order valence-corrected chi connectivity index (χ2v) is 4.08. The van der Waals surface area contributed by atoms with E-state index in [1.165, 1.54) is 5.56 Å². The third-order valence-corrected chi connectivity index (χ3v) is 3.07. The average molecular weight is 341 g/mol. The lowest BCUT2D eigenvalue weighted by molar-refractivity contribution is 0.440. The first kappa shape index (κ1) is 23.0. The standard InChI is InChI=1S/C14H12O2.2C2H6.2H2S/c1-9-11-4-2-3-5-13(11)16-14-7-6-10(15)8-12(9)14;2*1-2;;/h2-9,15H,1H3;2*1-2H3;2*1H2. The molecule has 0 radical (unpaired) electrons. The van der Waals surface area contributed by atoms with Crippen molar-refractivity contribution in [2.24, 2.45) is 0 Å². The van der Waals surface area contributed by atoms with Crippen molar-refractivity contribution < 1.29 is 9.84 Å². The molecule has 0 aromatic heterocycles. The van der Waals surface area contributed by atoms with Crippen LogP contribution < -0.4 is 4.74 Å². The smallest absolute Gasteiger partial charge is 0.131 e. The molecule has 0 fully saturated rings. The molecule has 4 heteroatoms. The van der Waals surface area contributed by atoms with Crippen LogP contribution >= 0.6 is 27.0 Å². The molecule has 1 N–H and O–H groups in total. The molecule has 2 aromatic carbocycles. The number of para-hydroxylation sites is 1. The van der Waals surface area contributed by atoms with Gasteiger partial charge in [-0.2, -0.15) is 27.0 Å². The van der Waals surface area contributed by atoms with E-state index in [4.69, 9.17) is 4.74 Å². The Labute approximate surface area is 148 Å². The number of fused-ring (bicyclic) bond motifs is 2. The van der Waals surface area contributed by atoms with Crippen molar-refractivity contribution in [1.82, 2.24) is 0 Å². The van der Waals surface area contributed by atoms with Gasteiger partial charge in [-0.25, -0.2) is 0 Å². The number of benzene rings is 2. The largest absolute Gasteiger partial charge is 0.508 e. The molecule has 0 saturated heterocycles. The number of rotatable bonds is 0. The second kappa shape index (κ2) is 11.3. The normalized spacial score (nSPS) is 13.0. The van der Waals surface area contributed by atoms with Gasteiger partial charge in [0.1, 0.15) is 17.2 Å². The Kier molecular flexibility index (Phi) is 11.8. The molecule has 1 heterocycles. The number of ether oxygens (including phenoxy) is 1. The first-order chi connectivity index (χ1) is 9.75. The summed E-state index contributed by atoms with van der Waals surface area (Å²) in [5.41, 5.74) is 2.21. The van der Waals surface area contributed by atoms with Crippen molar-refractivity contribution in [2.45, 2.75) is 40.5 Å². The molecule has 22 heavy (non-hydrogen) atoms. The molecule has 0 saturated carbocycles. The molecule has 2 aromatic rings. The van der Waals surface area contributed by atoms with E-state index < -0.39 is 0 Å². The molecule has 3 rings (SSSR count). The maximum Gasteiger partial charge on any atom is 0.131 e. The maximum atomic E-state index is 9.50. The number of hydrogen-bond acceptors (Lipinski definition) is 2. The fourth-order valence-electron chi connectivity index (χ4n) is 2.18. The minimum absolute atomic E-state index is 0. The highest BCUT2D eigenvalue weighted by Crippen LogP contribution is 2.44. The summed E-state index contributed by atoms with van der Waals surface area (Å²) in [6, 6.07) is 13.3. The van der Waals surface area contributed by atoms with E-state index in [1.807, 2.05) is 52.0 Å². The molecule has 0 spiro atoms. The van der Waals surface area contributed by atoms with Gasteiger partial charge >= 0.3 is 0 Å². The minimum atomic E-state index is 0. The Bertz CT molecular complexity index is 557. The van der Waals surface area contributed by atoms with Crippen molar-refractivity contribution >= 4 is 27.0 Å². The first-order valence-corrected chi connectivity index (χ1v) is 7.35. The zero-order valence-corrected chi connectivity index (χ0v) is 16.0. The van der Waals surface area contributed by atoms with Crippen LogP contribution in [0.1, 0.15) is 51.7 Å². The summed E-state index contributed by atoms with van der Waals surface area (Å²) in [6.07, 6.45) is 0. The number of aromatic hydroxyl groups is 1. The Morgan fingerprint density at radius 3 is 2.00 bits per heavy atom. The van der Waals surface area contributed by atoms with Crippen LogP contribution in [0.3, 0.4) is 0 Å². The van der Waals surface area contributed by atoms with Crippen LogP contribution in [0.2, 0.25) is 0 Å². The van der Waals surface area contributed by atoms with E-state index in [1.54, 1.807) is 12.1 Å². The van der Waals surface area contributed by atoms with Gasteiger partial charge in [-0.1, -0.05) is 52.8 Å². The predicted octanol–water partition coefficient (Wildman–Crippen LogP) is 5.93. The summed E-state index contributed by atoms with van der Waals surface area (Å²) >= 11 is 0. The van der Waals surface area contributed by atoms with Crippen molar-refractivity contribution in [2.75, 3.05) is 0 Å². The van der Waals surface area contributed by atoms with Crippen molar-refractivity contribution in [3.05, 3.63) is 53.6 Å². The summed E-state index contributed by atoms with van der Waals surface area (Å²) in [4.78, 5) is 0. The fraction of sp³-hybridized carbons (Fsp3) is 0.333. The van der Waals surface area contributed by atoms with Crippen LogP contribution in [0.4, 0.5) is 0 Å². The molecule has 0 aliphatic carbocycles. The van der Waals surface area contributed by atoms with Gasteiger partial charge < -0.3 is 9.84 Å². The Morgan fingerprint density at radius 2 is 1.36 bits per heavy atom. The van der Waals surface area contributed by atoms with Gasteiger partial charge in [-0.3, -0.25) is 0 Å². The lowest BCUT2D eigenvalue weighted by Crippen LogP contribution is -2.06. The van der Waals surface area contributed by atoms with Gasteiger partial charge in [0, 0.05) is 17.0 Å². The topological polar surface area (TPSA) is 29.5 Å². The number of phenolic OH excluding ortho intramolecular Hbond substituents is 1. The SMILES string of the molecule is CC.CC.CC1c2ccccc2Oc2ccc(O)cc21.S.S. The van der Waals surface area contributed by atoms with Gasteiger partial charge in [-0.05, 0) is 24.3 Å². The van der Waals surface area contributed by atoms with Crippen molar-refractivity contribution in [3.63, 3.8) is 0 Å². The Balaban J connectivity index is 0. The van der Waals surface area contributed by atoms with Crippen LogP contribution in [-0.2, 0) is 0 Å². The quantitative estimate of drug-likeness (QED) is 0.644.